The van der Waals surface area contributed by atoms with Crippen molar-refractivity contribution in [2.75, 3.05) is 11.9 Å². The molecule has 0 radical (unpaired) electrons. The van der Waals surface area contributed by atoms with E-state index in [4.69, 9.17) is 0 Å². The highest BCUT2D eigenvalue weighted by Crippen LogP contribution is 2.49. The zero-order valence-corrected chi connectivity index (χ0v) is 14.0. The number of carbonyl (C=O) groups excluding carboxylic acids is 1. The molecule has 0 aliphatic heterocycles. The van der Waals surface area contributed by atoms with Crippen LogP contribution in [0.2, 0.25) is 0 Å². The summed E-state index contributed by atoms with van der Waals surface area (Å²) >= 11 is 0. The number of nitrogens with zero attached hydrogens (tertiary/aromatic N) is 2. The van der Waals surface area contributed by atoms with E-state index in [0.717, 1.165) is 0 Å². The molecule has 0 spiro atoms. The molecular formula is C15H21F4N3O2. The van der Waals surface area contributed by atoms with Crippen molar-refractivity contribution in [1.82, 2.24) is 9.78 Å². The number of hydrogen-bond acceptors (Lipinski definition) is 3. The van der Waals surface area contributed by atoms with Crippen molar-refractivity contribution < 1.29 is 27.1 Å². The second kappa shape index (κ2) is 6.25. The Morgan fingerprint density at radius 2 is 2.00 bits per heavy atom. The van der Waals surface area contributed by atoms with Crippen LogP contribution in [0.25, 0.3) is 0 Å². The molecule has 136 valence electrons. The van der Waals surface area contributed by atoms with Gasteiger partial charge in [0.15, 0.2) is 6.61 Å². The van der Waals surface area contributed by atoms with Gasteiger partial charge in [0.1, 0.15) is 5.82 Å². The maximum atomic E-state index is 13.1. The molecule has 1 aromatic heterocycles. The molecule has 0 unspecified atom stereocenters. The molecule has 1 fully saturated rings. The van der Waals surface area contributed by atoms with Crippen LogP contribution < -0.4 is 5.32 Å². The lowest BCUT2D eigenvalue weighted by Crippen LogP contribution is -2.34. The molecule has 1 aliphatic carbocycles. The van der Waals surface area contributed by atoms with E-state index in [9.17, 15) is 22.4 Å². The third-order valence-corrected chi connectivity index (χ3v) is 3.83. The molecule has 1 heterocycles. The third-order valence-electron chi connectivity index (χ3n) is 3.83. The van der Waals surface area contributed by atoms with Gasteiger partial charge in [-0.05, 0) is 27.7 Å². The zero-order chi connectivity index (χ0) is 18.3. The first-order chi connectivity index (χ1) is 10.9. The van der Waals surface area contributed by atoms with Crippen molar-refractivity contribution >= 4 is 11.9 Å². The largest absolute Gasteiger partial charge is 0.443 e. The predicted molar refractivity (Wildman–Crippen MR) is 79.9 cm³/mol. The predicted octanol–water partition coefficient (Wildman–Crippen LogP) is 4.27. The van der Waals surface area contributed by atoms with E-state index in [0.29, 0.717) is 11.3 Å². The van der Waals surface area contributed by atoms with Crippen molar-refractivity contribution in [3.05, 3.63) is 11.3 Å². The monoisotopic (exact) mass is 351 g/mol. The zero-order valence-electron chi connectivity index (χ0n) is 14.0. The first kappa shape index (κ1) is 18.5. The highest BCUT2D eigenvalue weighted by molar-refractivity contribution is 5.84. The molecule has 1 aromatic rings. The van der Waals surface area contributed by atoms with Gasteiger partial charge in [0.05, 0.1) is 11.2 Å². The Balaban J connectivity index is 2.25. The van der Waals surface area contributed by atoms with E-state index in [1.54, 1.807) is 6.92 Å². The van der Waals surface area contributed by atoms with Crippen LogP contribution in [-0.2, 0) is 10.3 Å². The molecule has 0 atom stereocenters. The van der Waals surface area contributed by atoms with Crippen molar-refractivity contribution in [1.29, 1.82) is 0 Å². The summed E-state index contributed by atoms with van der Waals surface area (Å²) in [5, 5.41) is 6.79. The molecule has 1 saturated carbocycles. The van der Waals surface area contributed by atoms with Gasteiger partial charge >= 0.3 is 6.09 Å². The number of amides is 1. The summed E-state index contributed by atoms with van der Waals surface area (Å²) in [5.74, 6) is -2.81. The molecule has 1 N–H and O–H groups in total. The number of rotatable bonds is 4. The summed E-state index contributed by atoms with van der Waals surface area (Å²) < 4.78 is 56.4. The van der Waals surface area contributed by atoms with E-state index in [1.165, 1.54) is 4.68 Å². The summed E-state index contributed by atoms with van der Waals surface area (Å²) in [4.78, 5) is 11.7. The lowest BCUT2D eigenvalue weighted by atomic mass is 9.78. The molecule has 24 heavy (non-hydrogen) atoms. The molecule has 9 heteroatoms. The fourth-order valence-electron chi connectivity index (χ4n) is 2.66. The summed E-state index contributed by atoms with van der Waals surface area (Å²) in [6.07, 6.45) is -4.37. The molecule has 0 saturated heterocycles. The van der Waals surface area contributed by atoms with Crippen molar-refractivity contribution in [2.24, 2.45) is 0 Å². The van der Waals surface area contributed by atoms with Gasteiger partial charge < -0.3 is 4.74 Å². The Morgan fingerprint density at radius 3 is 2.46 bits per heavy atom. The molecule has 0 bridgehead atoms. The quantitative estimate of drug-likeness (QED) is 0.824. The Morgan fingerprint density at radius 1 is 1.42 bits per heavy atom. The van der Waals surface area contributed by atoms with Crippen LogP contribution in [0.3, 0.4) is 0 Å². The van der Waals surface area contributed by atoms with Gasteiger partial charge in [0.25, 0.3) is 6.43 Å². The smallest absolute Gasteiger partial charge is 0.413 e. The standard InChI is InChI=1S/C15H21F4N3O2/c1-8-11(9-5-15(18,19)6-9)21-22(14(2,3)4)12(8)20-13(23)24-7-10(16)17/h9-10H,5-7H2,1-4H3,(H,20,23). The molecule has 5 nitrogen and oxygen atoms in total. The number of halogens is 4. The SMILES string of the molecule is Cc1c(C2CC(F)(F)C2)nn(C(C)(C)C)c1NC(=O)OCC(F)F. The van der Waals surface area contributed by atoms with Crippen LogP contribution in [0.5, 0.6) is 0 Å². The maximum Gasteiger partial charge on any atom is 0.413 e. The van der Waals surface area contributed by atoms with Gasteiger partial charge in [-0.2, -0.15) is 5.10 Å². The minimum atomic E-state index is -2.77. The highest BCUT2D eigenvalue weighted by Gasteiger charge is 2.48. The Hall–Kier alpha value is -1.80. The third kappa shape index (κ3) is 3.99. The number of anilines is 1. The van der Waals surface area contributed by atoms with E-state index < -0.39 is 30.6 Å². The van der Waals surface area contributed by atoms with Crippen LogP contribution in [0, 0.1) is 6.92 Å². The van der Waals surface area contributed by atoms with Gasteiger partial charge in [-0.25, -0.2) is 27.0 Å². The van der Waals surface area contributed by atoms with Crippen molar-refractivity contribution in [3.63, 3.8) is 0 Å². The van der Waals surface area contributed by atoms with Gasteiger partial charge in [-0.3, -0.25) is 5.32 Å². The number of hydrogen-bond donors (Lipinski definition) is 1. The summed E-state index contributed by atoms with van der Waals surface area (Å²) in [5.41, 5.74) is 0.486. The maximum absolute atomic E-state index is 13.1. The van der Waals surface area contributed by atoms with Crippen molar-refractivity contribution in [2.45, 2.75) is 64.3 Å². The van der Waals surface area contributed by atoms with Gasteiger partial charge in [0, 0.05) is 24.3 Å². The summed E-state index contributed by atoms with van der Waals surface area (Å²) in [7, 11) is 0. The second-order valence-electron chi connectivity index (χ2n) is 7.02. The summed E-state index contributed by atoms with van der Waals surface area (Å²) in [6.45, 7) is 6.12. The normalized spacial score (nSPS) is 17.7. The van der Waals surface area contributed by atoms with Crippen LogP contribution in [0.15, 0.2) is 0 Å². The fourth-order valence-corrected chi connectivity index (χ4v) is 2.66. The number of aromatic nitrogens is 2. The van der Waals surface area contributed by atoms with E-state index >= 15 is 0 Å². The van der Waals surface area contributed by atoms with Crippen LogP contribution in [0.4, 0.5) is 28.2 Å². The topological polar surface area (TPSA) is 56.2 Å². The molecular weight excluding hydrogens is 330 g/mol. The Kier molecular flexibility index (Phi) is 4.83. The molecule has 1 amide bonds. The average Bonchev–Trinajstić information content (AvgIpc) is 2.71. The number of ether oxygens (including phenoxy) is 1. The lowest BCUT2D eigenvalue weighted by molar-refractivity contribution is -0.0878. The van der Waals surface area contributed by atoms with Gasteiger partial charge in [0.2, 0.25) is 5.92 Å². The number of alkyl halides is 4. The first-order valence-electron chi connectivity index (χ1n) is 7.60. The van der Waals surface area contributed by atoms with Crippen molar-refractivity contribution in [3.8, 4) is 0 Å². The van der Waals surface area contributed by atoms with Gasteiger partial charge in [-0.15, -0.1) is 0 Å². The minimum Gasteiger partial charge on any atom is -0.443 e. The minimum absolute atomic E-state index is 0.270. The first-order valence-corrected chi connectivity index (χ1v) is 7.60. The van der Waals surface area contributed by atoms with E-state index in [2.05, 4.69) is 15.2 Å². The summed E-state index contributed by atoms with van der Waals surface area (Å²) in [6, 6.07) is 0. The van der Waals surface area contributed by atoms with E-state index in [1.807, 2.05) is 20.8 Å². The number of nitrogens with one attached hydrogen (secondary N) is 1. The van der Waals surface area contributed by atoms with E-state index in [-0.39, 0.29) is 24.6 Å². The van der Waals surface area contributed by atoms with Gasteiger partial charge in [-0.1, -0.05) is 0 Å². The fraction of sp³-hybridized carbons (Fsp3) is 0.733. The molecule has 2 rings (SSSR count). The highest BCUT2D eigenvalue weighted by atomic mass is 19.3. The second-order valence-corrected chi connectivity index (χ2v) is 7.02. The average molecular weight is 351 g/mol. The lowest BCUT2D eigenvalue weighted by Gasteiger charge is -2.34. The Labute approximate surface area is 137 Å². The molecule has 1 aliphatic rings. The Bertz CT molecular complexity index is 615. The van der Waals surface area contributed by atoms with Crippen LogP contribution in [-0.4, -0.2) is 34.8 Å². The van der Waals surface area contributed by atoms with Crippen LogP contribution >= 0.6 is 0 Å². The molecule has 0 aromatic carbocycles. The van der Waals surface area contributed by atoms with Crippen LogP contribution in [0.1, 0.15) is 50.8 Å². The number of carbonyl (C=O) groups is 1.